The maximum Gasteiger partial charge on any atom is 0.218 e. The first-order valence-corrected chi connectivity index (χ1v) is 2.78. The van der Waals surface area contributed by atoms with Crippen molar-refractivity contribution in [3.05, 3.63) is 35.6 Å². The maximum absolute atomic E-state index is 6.50. The second-order valence-corrected chi connectivity index (χ2v) is 1.76. The monoisotopic (exact) mass is 121 g/mol. The van der Waals surface area contributed by atoms with Crippen LogP contribution in [0.5, 0.6) is 0 Å². The molecular weight excluding hydrogens is 114 g/mol. The van der Waals surface area contributed by atoms with Crippen molar-refractivity contribution in [1.82, 2.24) is 0 Å². The molecule has 0 saturated heterocycles. The summed E-state index contributed by atoms with van der Waals surface area (Å²) in [5, 5.41) is 0. The molecule has 0 fully saturated rings. The van der Waals surface area contributed by atoms with Crippen molar-refractivity contribution in [2.75, 3.05) is 6.54 Å². The van der Waals surface area contributed by atoms with Gasteiger partial charge in [-0.1, -0.05) is 0 Å². The molecule has 0 spiro atoms. The summed E-state index contributed by atoms with van der Waals surface area (Å²) in [4.78, 5) is 3.22. The normalized spacial score (nSPS) is 8.78. The van der Waals surface area contributed by atoms with E-state index in [-0.39, 0.29) is 0 Å². The van der Waals surface area contributed by atoms with Crippen LogP contribution in [0, 0.1) is 6.57 Å². The summed E-state index contributed by atoms with van der Waals surface area (Å²) in [6.07, 6.45) is 4.10. The van der Waals surface area contributed by atoms with Crippen molar-refractivity contribution in [3.8, 4) is 0 Å². The van der Waals surface area contributed by atoms with Crippen molar-refractivity contribution in [3.63, 3.8) is 0 Å². The lowest BCUT2D eigenvalue weighted by atomic mass is 10.2. The zero-order valence-electron chi connectivity index (χ0n) is 5.00. The van der Waals surface area contributed by atoms with Crippen LogP contribution in [0.3, 0.4) is 0 Å². The van der Waals surface area contributed by atoms with E-state index in [1.165, 1.54) is 0 Å². The molecule has 0 atom stereocenters. The molecule has 9 heavy (non-hydrogen) atoms. The van der Waals surface area contributed by atoms with Crippen LogP contribution in [-0.2, 0) is 6.42 Å². The van der Waals surface area contributed by atoms with Crippen molar-refractivity contribution in [2.45, 2.75) is 6.42 Å². The van der Waals surface area contributed by atoms with E-state index < -0.39 is 0 Å². The average Bonchev–Trinajstić information content (AvgIpc) is 2.34. The average molecular weight is 121 g/mol. The molecule has 1 aromatic rings. The van der Waals surface area contributed by atoms with Gasteiger partial charge >= 0.3 is 0 Å². The molecule has 1 rings (SSSR count). The largest absolute Gasteiger partial charge is 0.472 e. The molecule has 1 heterocycles. The summed E-state index contributed by atoms with van der Waals surface area (Å²) in [5.74, 6) is 0. The summed E-state index contributed by atoms with van der Waals surface area (Å²) < 4.78 is 4.81. The lowest BCUT2D eigenvalue weighted by molar-refractivity contribution is 0.564. The molecule has 2 heteroatoms. The summed E-state index contributed by atoms with van der Waals surface area (Å²) in [6.45, 7) is 7.05. The van der Waals surface area contributed by atoms with Crippen LogP contribution in [0.15, 0.2) is 23.0 Å². The number of hydrogen-bond donors (Lipinski definition) is 0. The Bertz CT molecular complexity index is 195. The summed E-state index contributed by atoms with van der Waals surface area (Å²) >= 11 is 0. The van der Waals surface area contributed by atoms with Crippen LogP contribution in [0.1, 0.15) is 5.56 Å². The smallest absolute Gasteiger partial charge is 0.218 e. The number of nitrogens with zero attached hydrogens (tertiary/aromatic N) is 1. The first-order valence-electron chi connectivity index (χ1n) is 2.78. The number of furan rings is 1. The molecule has 1 aromatic heterocycles. The van der Waals surface area contributed by atoms with Crippen molar-refractivity contribution < 1.29 is 4.42 Å². The van der Waals surface area contributed by atoms with E-state index >= 15 is 0 Å². The number of rotatable bonds is 2. The Morgan fingerprint density at radius 3 is 3.11 bits per heavy atom. The first kappa shape index (κ1) is 5.90. The van der Waals surface area contributed by atoms with Gasteiger partial charge < -0.3 is 9.26 Å². The van der Waals surface area contributed by atoms with E-state index in [1.807, 2.05) is 6.07 Å². The third kappa shape index (κ3) is 1.61. The molecule has 0 saturated carbocycles. The second-order valence-electron chi connectivity index (χ2n) is 1.76. The van der Waals surface area contributed by atoms with Gasteiger partial charge in [0.25, 0.3) is 0 Å². The Balaban J connectivity index is 2.41. The second kappa shape index (κ2) is 2.93. The molecule has 2 nitrogen and oxygen atoms in total. The predicted octanol–water partition coefficient (Wildman–Crippen LogP) is 1.74. The van der Waals surface area contributed by atoms with Crippen LogP contribution >= 0.6 is 0 Å². The highest BCUT2D eigenvalue weighted by molar-refractivity contribution is 5.06. The van der Waals surface area contributed by atoms with Crippen LogP contribution in [0.4, 0.5) is 0 Å². The summed E-state index contributed by atoms with van der Waals surface area (Å²) in [6, 6.07) is 1.88. The van der Waals surface area contributed by atoms with Crippen molar-refractivity contribution in [1.29, 1.82) is 0 Å². The van der Waals surface area contributed by atoms with Gasteiger partial charge in [0.05, 0.1) is 12.5 Å². The standard InChI is InChI=1S/C7H7NO/c1-8-4-2-7-3-5-9-6-7/h3,5-6H,2,4H2. The Hall–Kier alpha value is -1.23. The third-order valence-electron chi connectivity index (χ3n) is 1.09. The molecule has 0 aromatic carbocycles. The van der Waals surface area contributed by atoms with Crippen LogP contribution in [0.2, 0.25) is 0 Å². The minimum Gasteiger partial charge on any atom is -0.472 e. The van der Waals surface area contributed by atoms with E-state index in [2.05, 4.69) is 4.85 Å². The van der Waals surface area contributed by atoms with Gasteiger partial charge in [-0.2, -0.15) is 0 Å². The highest BCUT2D eigenvalue weighted by atomic mass is 16.3. The SMILES string of the molecule is [C-]#[N+]CCc1ccoc1. The predicted molar refractivity (Wildman–Crippen MR) is 33.9 cm³/mol. The fourth-order valence-corrected chi connectivity index (χ4v) is 0.620. The highest BCUT2D eigenvalue weighted by Crippen LogP contribution is 1.99. The quantitative estimate of drug-likeness (QED) is 0.545. The highest BCUT2D eigenvalue weighted by Gasteiger charge is 1.93. The van der Waals surface area contributed by atoms with E-state index in [0.29, 0.717) is 6.54 Å². The molecule has 0 aliphatic carbocycles. The Labute approximate surface area is 53.9 Å². The van der Waals surface area contributed by atoms with Crippen molar-refractivity contribution in [2.24, 2.45) is 0 Å². The molecular formula is C7H7NO. The first-order chi connectivity index (χ1) is 4.43. The van der Waals surface area contributed by atoms with Gasteiger partial charge in [0.2, 0.25) is 6.54 Å². The lowest BCUT2D eigenvalue weighted by Gasteiger charge is -1.81. The molecule has 0 unspecified atom stereocenters. The summed E-state index contributed by atoms with van der Waals surface area (Å²) in [5.41, 5.74) is 1.10. The van der Waals surface area contributed by atoms with Gasteiger partial charge in [0, 0.05) is 6.42 Å². The van der Waals surface area contributed by atoms with Gasteiger partial charge in [0.1, 0.15) is 0 Å². The van der Waals surface area contributed by atoms with Gasteiger partial charge in [0.15, 0.2) is 0 Å². The molecule has 46 valence electrons. The van der Waals surface area contributed by atoms with Crippen LogP contribution in [0.25, 0.3) is 4.85 Å². The maximum atomic E-state index is 6.50. The zero-order valence-corrected chi connectivity index (χ0v) is 5.00. The molecule has 0 bridgehead atoms. The number of hydrogen-bond acceptors (Lipinski definition) is 1. The van der Waals surface area contributed by atoms with Gasteiger partial charge in [-0.05, 0) is 11.6 Å². The van der Waals surface area contributed by atoms with Gasteiger partial charge in [-0.3, -0.25) is 0 Å². The van der Waals surface area contributed by atoms with Crippen LogP contribution in [-0.4, -0.2) is 6.54 Å². The Morgan fingerprint density at radius 1 is 1.67 bits per heavy atom. The Kier molecular flexibility index (Phi) is 1.92. The van der Waals surface area contributed by atoms with E-state index in [0.717, 1.165) is 12.0 Å². The minimum atomic E-state index is 0.555. The van der Waals surface area contributed by atoms with E-state index in [4.69, 9.17) is 11.0 Å². The molecule has 0 N–H and O–H groups in total. The molecule has 0 amide bonds. The summed E-state index contributed by atoms with van der Waals surface area (Å²) in [7, 11) is 0. The molecule has 0 aliphatic heterocycles. The van der Waals surface area contributed by atoms with E-state index in [9.17, 15) is 0 Å². The zero-order chi connectivity index (χ0) is 6.53. The Morgan fingerprint density at radius 2 is 2.56 bits per heavy atom. The fraction of sp³-hybridized carbons (Fsp3) is 0.286. The molecule has 0 radical (unpaired) electrons. The topological polar surface area (TPSA) is 17.5 Å². The van der Waals surface area contributed by atoms with E-state index in [1.54, 1.807) is 12.5 Å². The van der Waals surface area contributed by atoms with Crippen LogP contribution < -0.4 is 0 Å². The minimum absolute atomic E-state index is 0.555. The van der Waals surface area contributed by atoms with Gasteiger partial charge in [-0.25, -0.2) is 6.57 Å². The fourth-order valence-electron chi connectivity index (χ4n) is 0.620. The van der Waals surface area contributed by atoms with Crippen molar-refractivity contribution >= 4 is 0 Å². The molecule has 0 aliphatic rings. The third-order valence-corrected chi connectivity index (χ3v) is 1.09. The lowest BCUT2D eigenvalue weighted by Crippen LogP contribution is -1.81. The van der Waals surface area contributed by atoms with Gasteiger partial charge in [-0.15, -0.1) is 0 Å².